The summed E-state index contributed by atoms with van der Waals surface area (Å²) in [5.74, 6) is -0.526. The van der Waals surface area contributed by atoms with E-state index < -0.39 is 17.7 Å². The van der Waals surface area contributed by atoms with Gasteiger partial charge in [0.05, 0.1) is 23.2 Å². The van der Waals surface area contributed by atoms with E-state index in [4.69, 9.17) is 4.74 Å². The van der Waals surface area contributed by atoms with Gasteiger partial charge in [0.1, 0.15) is 6.61 Å². The molecule has 0 heterocycles. The van der Waals surface area contributed by atoms with Crippen LogP contribution in [0.3, 0.4) is 0 Å². The van der Waals surface area contributed by atoms with Crippen LogP contribution in [0.25, 0.3) is 0 Å². The summed E-state index contributed by atoms with van der Waals surface area (Å²) in [6.07, 6.45) is -2.66. The van der Waals surface area contributed by atoms with Gasteiger partial charge in [-0.1, -0.05) is 12.1 Å². The molecule has 0 aliphatic heterocycles. The number of benzene rings is 2. The fraction of sp³-hybridized carbons (Fsp3) is 0.333. The number of nitrogens with zero attached hydrogens (tertiary/aromatic N) is 2. The highest BCUT2D eigenvalue weighted by atomic mass is 19.4. The van der Waals surface area contributed by atoms with Crippen LogP contribution in [0.1, 0.15) is 39.5 Å². The molecule has 0 saturated carbocycles. The molecular weight excluding hydrogens is 369 g/mol. The zero-order chi connectivity index (χ0) is 20.9. The van der Waals surface area contributed by atoms with Crippen molar-refractivity contribution in [3.63, 3.8) is 0 Å². The molecule has 0 aromatic heterocycles. The summed E-state index contributed by atoms with van der Waals surface area (Å²) in [6, 6.07) is 7.94. The van der Waals surface area contributed by atoms with Crippen molar-refractivity contribution >= 4 is 18.0 Å². The number of esters is 1. The molecule has 2 aromatic rings. The van der Waals surface area contributed by atoms with Crippen molar-refractivity contribution in [1.82, 2.24) is 4.90 Å². The lowest BCUT2D eigenvalue weighted by molar-refractivity contribution is -0.137. The highest BCUT2D eigenvalue weighted by Crippen LogP contribution is 2.29. The summed E-state index contributed by atoms with van der Waals surface area (Å²) in [5, 5.41) is 0. The second-order valence-corrected chi connectivity index (χ2v) is 6.47. The van der Waals surface area contributed by atoms with Crippen LogP contribution in [-0.4, -0.2) is 30.8 Å². The van der Waals surface area contributed by atoms with Crippen molar-refractivity contribution in [2.75, 3.05) is 13.6 Å². The van der Waals surface area contributed by atoms with Gasteiger partial charge in [-0.3, -0.25) is 0 Å². The van der Waals surface area contributed by atoms with E-state index in [-0.39, 0.29) is 6.61 Å². The van der Waals surface area contributed by atoms with Gasteiger partial charge in [-0.25, -0.2) is 9.79 Å². The molecule has 4 nitrogen and oxygen atoms in total. The fourth-order valence-electron chi connectivity index (χ4n) is 2.43. The predicted molar refractivity (Wildman–Crippen MR) is 103 cm³/mol. The first kappa shape index (κ1) is 21.5. The molecule has 0 amide bonds. The Bertz CT molecular complexity index is 859. The third kappa shape index (κ3) is 5.34. The lowest BCUT2D eigenvalue weighted by Gasteiger charge is -2.13. The molecule has 0 aliphatic carbocycles. The summed E-state index contributed by atoms with van der Waals surface area (Å²) in [4.78, 5) is 18.7. The molecule has 28 heavy (non-hydrogen) atoms. The molecule has 0 fully saturated rings. The average Bonchev–Trinajstić information content (AvgIpc) is 2.66. The number of carbonyl (C=O) groups is 1. The Balaban J connectivity index is 2.08. The summed E-state index contributed by atoms with van der Waals surface area (Å²) in [5.41, 5.74) is 2.54. The van der Waals surface area contributed by atoms with Gasteiger partial charge in [0.2, 0.25) is 0 Å². The van der Waals surface area contributed by atoms with E-state index in [1.54, 1.807) is 18.5 Å². The first-order chi connectivity index (χ1) is 13.1. The second kappa shape index (κ2) is 8.91. The predicted octanol–water partition coefficient (Wildman–Crippen LogP) is 5.29. The molecule has 0 atom stereocenters. The highest BCUT2D eigenvalue weighted by molar-refractivity contribution is 5.92. The Morgan fingerprint density at radius 2 is 1.75 bits per heavy atom. The van der Waals surface area contributed by atoms with E-state index in [1.807, 2.05) is 32.7 Å². The minimum absolute atomic E-state index is 0.101. The van der Waals surface area contributed by atoms with Crippen molar-refractivity contribution in [2.45, 2.75) is 33.6 Å². The molecular formula is C21H23F3N2O2. The van der Waals surface area contributed by atoms with Gasteiger partial charge in [0, 0.05) is 13.6 Å². The van der Waals surface area contributed by atoms with Crippen LogP contribution in [-0.2, 0) is 17.5 Å². The Morgan fingerprint density at radius 1 is 1.11 bits per heavy atom. The van der Waals surface area contributed by atoms with Crippen LogP contribution in [0.5, 0.6) is 0 Å². The molecule has 150 valence electrons. The Morgan fingerprint density at radius 3 is 2.32 bits per heavy atom. The molecule has 2 rings (SSSR count). The number of halogens is 3. The van der Waals surface area contributed by atoms with Crippen LogP contribution in [0.15, 0.2) is 41.4 Å². The van der Waals surface area contributed by atoms with Crippen LogP contribution in [0, 0.1) is 13.8 Å². The lowest BCUT2D eigenvalue weighted by Crippen LogP contribution is -2.14. The number of aliphatic imine (C=N–C) groups is 1. The Labute approximate surface area is 162 Å². The molecule has 0 radical (unpaired) electrons. The third-order valence-electron chi connectivity index (χ3n) is 4.52. The average molecular weight is 392 g/mol. The number of ether oxygens (including phenoxy) is 1. The maximum absolute atomic E-state index is 12.6. The van der Waals surface area contributed by atoms with E-state index in [2.05, 4.69) is 4.99 Å². The van der Waals surface area contributed by atoms with Gasteiger partial charge < -0.3 is 9.64 Å². The third-order valence-corrected chi connectivity index (χ3v) is 4.52. The maximum Gasteiger partial charge on any atom is 0.416 e. The number of hydrogen-bond donors (Lipinski definition) is 0. The topological polar surface area (TPSA) is 41.9 Å². The van der Waals surface area contributed by atoms with Gasteiger partial charge in [0.15, 0.2) is 0 Å². The minimum atomic E-state index is -4.39. The Hall–Kier alpha value is -2.83. The normalized spacial score (nSPS) is 11.7. The number of rotatable bonds is 6. The molecule has 2 aromatic carbocycles. The standard InChI is InChI=1S/C21H23F3N2O2/c1-5-26(4)13-25-19-11-10-18(14(2)15(19)3)20(27)28-12-16-6-8-17(9-7-16)21(22,23)24/h6-11,13H,5,12H2,1-4H3. The van der Waals surface area contributed by atoms with Gasteiger partial charge in [-0.2, -0.15) is 13.2 Å². The van der Waals surface area contributed by atoms with Crippen LogP contribution < -0.4 is 0 Å². The Kier molecular flexibility index (Phi) is 6.83. The van der Waals surface area contributed by atoms with Crippen LogP contribution >= 0.6 is 0 Å². The van der Waals surface area contributed by atoms with Crippen molar-refractivity contribution in [1.29, 1.82) is 0 Å². The van der Waals surface area contributed by atoms with Crippen molar-refractivity contribution in [3.8, 4) is 0 Å². The number of hydrogen-bond acceptors (Lipinski definition) is 3. The highest BCUT2D eigenvalue weighted by Gasteiger charge is 2.29. The molecule has 7 heteroatoms. The van der Waals surface area contributed by atoms with Gasteiger partial charge in [-0.05, 0) is 61.7 Å². The van der Waals surface area contributed by atoms with Crippen LogP contribution in [0.4, 0.5) is 18.9 Å². The monoisotopic (exact) mass is 392 g/mol. The van der Waals surface area contributed by atoms with Crippen molar-refractivity contribution in [3.05, 3.63) is 64.2 Å². The van der Waals surface area contributed by atoms with Gasteiger partial charge in [0.25, 0.3) is 0 Å². The van der Waals surface area contributed by atoms with Crippen LogP contribution in [0.2, 0.25) is 0 Å². The summed E-state index contributed by atoms with van der Waals surface area (Å²) in [6.45, 7) is 6.43. The van der Waals surface area contributed by atoms with E-state index in [1.165, 1.54) is 12.1 Å². The molecule has 0 spiro atoms. The molecule has 0 saturated heterocycles. The summed E-state index contributed by atoms with van der Waals surface area (Å²) >= 11 is 0. The maximum atomic E-state index is 12.6. The summed E-state index contributed by atoms with van der Waals surface area (Å²) in [7, 11) is 1.92. The quantitative estimate of drug-likeness (QED) is 0.381. The van der Waals surface area contributed by atoms with Crippen molar-refractivity contribution in [2.24, 2.45) is 4.99 Å². The van der Waals surface area contributed by atoms with Crippen molar-refractivity contribution < 1.29 is 22.7 Å². The van der Waals surface area contributed by atoms with E-state index in [0.717, 1.165) is 35.5 Å². The largest absolute Gasteiger partial charge is 0.457 e. The molecule has 0 aliphatic rings. The SMILES string of the molecule is CCN(C)C=Nc1ccc(C(=O)OCc2ccc(C(F)(F)F)cc2)c(C)c1C. The van der Waals surface area contributed by atoms with E-state index in [9.17, 15) is 18.0 Å². The smallest absolute Gasteiger partial charge is 0.416 e. The zero-order valence-electron chi connectivity index (χ0n) is 16.3. The molecule has 0 bridgehead atoms. The zero-order valence-corrected chi connectivity index (χ0v) is 16.3. The minimum Gasteiger partial charge on any atom is -0.457 e. The van der Waals surface area contributed by atoms with E-state index in [0.29, 0.717) is 11.1 Å². The van der Waals surface area contributed by atoms with Gasteiger partial charge in [-0.15, -0.1) is 0 Å². The lowest BCUT2D eigenvalue weighted by atomic mass is 10.0. The fourth-order valence-corrected chi connectivity index (χ4v) is 2.43. The molecule has 0 unspecified atom stereocenters. The number of carbonyl (C=O) groups excluding carboxylic acids is 1. The summed E-state index contributed by atoms with van der Waals surface area (Å²) < 4.78 is 43.0. The first-order valence-electron chi connectivity index (χ1n) is 8.81. The second-order valence-electron chi connectivity index (χ2n) is 6.47. The van der Waals surface area contributed by atoms with Gasteiger partial charge >= 0.3 is 12.1 Å². The molecule has 0 N–H and O–H groups in total. The number of alkyl halides is 3. The van der Waals surface area contributed by atoms with E-state index >= 15 is 0 Å². The first-order valence-corrected chi connectivity index (χ1v) is 8.81.